The summed E-state index contributed by atoms with van der Waals surface area (Å²) in [5.41, 5.74) is 1.05. The van der Waals surface area contributed by atoms with Crippen molar-refractivity contribution in [2.45, 2.75) is 24.7 Å². The second-order valence-electron chi connectivity index (χ2n) is 4.34. The Morgan fingerprint density at radius 1 is 1.28 bits per heavy atom. The first kappa shape index (κ1) is 15.6. The van der Waals surface area contributed by atoms with Crippen LogP contribution in [0.1, 0.15) is 24.2 Å². The molecule has 1 atom stereocenters. The molecule has 0 heterocycles. The third kappa shape index (κ3) is 4.35. The van der Waals surface area contributed by atoms with E-state index in [-0.39, 0.29) is 10.9 Å². The van der Waals surface area contributed by atoms with Crippen LogP contribution in [-0.4, -0.2) is 32.4 Å². The van der Waals surface area contributed by atoms with Crippen LogP contribution in [-0.2, 0) is 10.2 Å². The fourth-order valence-electron chi connectivity index (χ4n) is 1.34. The highest BCUT2D eigenvalue weighted by Crippen LogP contribution is 2.21. The quantitative estimate of drug-likeness (QED) is 0.811. The van der Waals surface area contributed by atoms with E-state index in [1.165, 1.54) is 4.31 Å². The summed E-state index contributed by atoms with van der Waals surface area (Å²) >= 11 is 3.48. The molecule has 0 amide bonds. The maximum absolute atomic E-state index is 11.9. The lowest BCUT2D eigenvalue weighted by molar-refractivity contribution is 0.402. The molecule has 6 heteroatoms. The van der Waals surface area contributed by atoms with Gasteiger partial charge in [0.25, 0.3) is 10.2 Å². The van der Waals surface area contributed by atoms with Gasteiger partial charge in [-0.3, -0.25) is 0 Å². The minimum Gasteiger partial charge on any atom is -0.201 e. The van der Waals surface area contributed by atoms with Gasteiger partial charge in [-0.2, -0.15) is 12.7 Å². The zero-order valence-corrected chi connectivity index (χ0v) is 13.2. The van der Waals surface area contributed by atoms with Gasteiger partial charge >= 0.3 is 0 Å². The van der Waals surface area contributed by atoms with Gasteiger partial charge in [-0.05, 0) is 19.4 Å². The molecule has 1 N–H and O–H groups in total. The molecule has 1 aromatic rings. The Bertz CT molecular complexity index is 462. The average Bonchev–Trinajstić information content (AvgIpc) is 2.36. The SMILES string of the molecule is CC(C)N(C)S(=O)(=O)NCC(Br)c1ccccc1. The zero-order chi connectivity index (χ0) is 13.8. The number of hydrogen-bond acceptors (Lipinski definition) is 2. The minimum atomic E-state index is -3.41. The average molecular weight is 335 g/mol. The van der Waals surface area contributed by atoms with Crippen LogP contribution >= 0.6 is 15.9 Å². The lowest BCUT2D eigenvalue weighted by atomic mass is 10.2. The summed E-state index contributed by atoms with van der Waals surface area (Å²) in [5, 5.41) is 0. The van der Waals surface area contributed by atoms with E-state index in [1.54, 1.807) is 7.05 Å². The van der Waals surface area contributed by atoms with Crippen molar-refractivity contribution in [1.82, 2.24) is 9.03 Å². The normalized spacial score (nSPS) is 14.1. The third-order valence-corrected chi connectivity index (χ3v) is 5.28. The topological polar surface area (TPSA) is 49.4 Å². The molecule has 102 valence electrons. The van der Waals surface area contributed by atoms with Crippen molar-refractivity contribution in [3.8, 4) is 0 Å². The summed E-state index contributed by atoms with van der Waals surface area (Å²) in [6.45, 7) is 3.99. The molecule has 4 nitrogen and oxygen atoms in total. The Morgan fingerprint density at radius 2 is 1.83 bits per heavy atom. The predicted molar refractivity (Wildman–Crippen MR) is 77.9 cm³/mol. The molecule has 18 heavy (non-hydrogen) atoms. The molecule has 1 rings (SSSR count). The lowest BCUT2D eigenvalue weighted by Crippen LogP contribution is -2.42. The minimum absolute atomic E-state index is 0.0333. The van der Waals surface area contributed by atoms with Crippen LogP contribution in [0.3, 0.4) is 0 Å². The van der Waals surface area contributed by atoms with Gasteiger partial charge in [0, 0.05) is 19.6 Å². The standard InChI is InChI=1S/C12H19BrN2O2S/c1-10(2)15(3)18(16,17)14-9-12(13)11-7-5-4-6-8-11/h4-8,10,12,14H,9H2,1-3H3. The zero-order valence-electron chi connectivity index (χ0n) is 10.8. The van der Waals surface area contributed by atoms with E-state index >= 15 is 0 Å². The van der Waals surface area contributed by atoms with Crippen molar-refractivity contribution >= 4 is 26.1 Å². The summed E-state index contributed by atoms with van der Waals surface area (Å²) in [6.07, 6.45) is 0. The summed E-state index contributed by atoms with van der Waals surface area (Å²) < 4.78 is 27.7. The fraction of sp³-hybridized carbons (Fsp3) is 0.500. The van der Waals surface area contributed by atoms with Crippen molar-refractivity contribution in [3.05, 3.63) is 35.9 Å². The molecule has 1 unspecified atom stereocenters. The molecule has 0 aromatic heterocycles. The van der Waals surface area contributed by atoms with Crippen LogP contribution in [0.2, 0.25) is 0 Å². The van der Waals surface area contributed by atoms with Crippen LogP contribution < -0.4 is 4.72 Å². The molecule has 0 aliphatic carbocycles. The van der Waals surface area contributed by atoms with Gasteiger partial charge in [0.05, 0.1) is 4.83 Å². The summed E-state index contributed by atoms with van der Waals surface area (Å²) in [6, 6.07) is 9.64. The van der Waals surface area contributed by atoms with Crippen LogP contribution in [0, 0.1) is 0 Å². The van der Waals surface area contributed by atoms with Gasteiger partial charge < -0.3 is 0 Å². The molecule has 0 spiro atoms. The van der Waals surface area contributed by atoms with Gasteiger partial charge in [0.2, 0.25) is 0 Å². The first-order valence-electron chi connectivity index (χ1n) is 5.76. The van der Waals surface area contributed by atoms with Crippen molar-refractivity contribution in [2.24, 2.45) is 0 Å². The van der Waals surface area contributed by atoms with Gasteiger partial charge in [-0.25, -0.2) is 4.72 Å². The summed E-state index contributed by atoms with van der Waals surface area (Å²) in [4.78, 5) is -0.0333. The van der Waals surface area contributed by atoms with Crippen molar-refractivity contribution < 1.29 is 8.42 Å². The Labute approximate surface area is 118 Å². The number of nitrogens with zero attached hydrogens (tertiary/aromatic N) is 1. The van der Waals surface area contributed by atoms with E-state index in [0.29, 0.717) is 6.54 Å². The maximum atomic E-state index is 11.9. The van der Waals surface area contributed by atoms with Crippen LogP contribution in [0.15, 0.2) is 30.3 Å². The number of halogens is 1. The van der Waals surface area contributed by atoms with Crippen molar-refractivity contribution in [1.29, 1.82) is 0 Å². The molecule has 0 bridgehead atoms. The molecule has 0 aliphatic rings. The van der Waals surface area contributed by atoms with E-state index in [4.69, 9.17) is 0 Å². The second-order valence-corrected chi connectivity index (χ2v) is 7.26. The summed E-state index contributed by atoms with van der Waals surface area (Å²) in [5.74, 6) is 0. The molecule has 0 fully saturated rings. The fourth-order valence-corrected chi connectivity index (χ4v) is 3.15. The number of rotatable bonds is 6. The molecule has 0 aliphatic heterocycles. The highest BCUT2D eigenvalue weighted by molar-refractivity contribution is 9.09. The highest BCUT2D eigenvalue weighted by atomic mass is 79.9. The molecule has 0 saturated heterocycles. The van der Waals surface area contributed by atoms with E-state index in [9.17, 15) is 8.42 Å². The van der Waals surface area contributed by atoms with Crippen molar-refractivity contribution in [3.63, 3.8) is 0 Å². The Morgan fingerprint density at radius 3 is 2.33 bits per heavy atom. The predicted octanol–water partition coefficient (Wildman–Crippen LogP) is 2.30. The van der Waals surface area contributed by atoms with E-state index < -0.39 is 10.2 Å². The van der Waals surface area contributed by atoms with Gasteiger partial charge in [0.15, 0.2) is 0 Å². The van der Waals surface area contributed by atoms with Crippen LogP contribution in [0.4, 0.5) is 0 Å². The largest absolute Gasteiger partial charge is 0.279 e. The Balaban J connectivity index is 2.61. The molecular weight excluding hydrogens is 316 g/mol. The maximum Gasteiger partial charge on any atom is 0.279 e. The number of benzene rings is 1. The number of hydrogen-bond donors (Lipinski definition) is 1. The van der Waals surface area contributed by atoms with E-state index in [0.717, 1.165) is 5.56 Å². The smallest absolute Gasteiger partial charge is 0.201 e. The monoisotopic (exact) mass is 334 g/mol. The first-order valence-corrected chi connectivity index (χ1v) is 8.12. The van der Waals surface area contributed by atoms with Crippen molar-refractivity contribution in [2.75, 3.05) is 13.6 Å². The van der Waals surface area contributed by atoms with E-state index in [1.807, 2.05) is 44.2 Å². The third-order valence-electron chi connectivity index (χ3n) is 2.71. The van der Waals surface area contributed by atoms with Gasteiger partial charge in [-0.1, -0.05) is 46.3 Å². The molecular formula is C12H19BrN2O2S. The van der Waals surface area contributed by atoms with Crippen LogP contribution in [0.25, 0.3) is 0 Å². The summed E-state index contributed by atoms with van der Waals surface area (Å²) in [7, 11) is -1.84. The van der Waals surface area contributed by atoms with Gasteiger partial charge in [-0.15, -0.1) is 0 Å². The van der Waals surface area contributed by atoms with E-state index in [2.05, 4.69) is 20.7 Å². The number of nitrogens with one attached hydrogen (secondary N) is 1. The first-order chi connectivity index (χ1) is 8.34. The van der Waals surface area contributed by atoms with Crippen LogP contribution in [0.5, 0.6) is 0 Å². The highest BCUT2D eigenvalue weighted by Gasteiger charge is 2.21. The molecule has 0 radical (unpaired) electrons. The Hall–Kier alpha value is -0.430. The second kappa shape index (κ2) is 6.65. The number of alkyl halides is 1. The molecule has 1 aromatic carbocycles. The Kier molecular flexibility index (Phi) is 5.78. The molecule has 0 saturated carbocycles. The lowest BCUT2D eigenvalue weighted by Gasteiger charge is -2.22. The van der Waals surface area contributed by atoms with Gasteiger partial charge in [0.1, 0.15) is 0 Å².